The van der Waals surface area contributed by atoms with E-state index in [2.05, 4.69) is 24.3 Å². The summed E-state index contributed by atoms with van der Waals surface area (Å²) in [5.74, 6) is 3.35. The Hall–Kier alpha value is -1.94. The third-order valence-electron chi connectivity index (χ3n) is 3.13. The van der Waals surface area contributed by atoms with Gasteiger partial charge < -0.3 is 9.47 Å². The molecule has 116 valence electrons. The van der Waals surface area contributed by atoms with E-state index in [9.17, 15) is 4.79 Å². The van der Waals surface area contributed by atoms with Crippen molar-refractivity contribution in [3.8, 4) is 11.5 Å². The summed E-state index contributed by atoms with van der Waals surface area (Å²) in [4.78, 5) is 10.7. The fourth-order valence-electron chi connectivity index (χ4n) is 1.98. The summed E-state index contributed by atoms with van der Waals surface area (Å²) < 4.78 is 11.0. The second-order valence-corrected chi connectivity index (χ2v) is 5.87. The molecular formula is C18H20O3S. The summed E-state index contributed by atoms with van der Waals surface area (Å²) in [6.45, 7) is 0.637. The van der Waals surface area contributed by atoms with Crippen LogP contribution in [0.5, 0.6) is 11.5 Å². The van der Waals surface area contributed by atoms with Crippen molar-refractivity contribution >= 4 is 18.0 Å². The number of benzene rings is 2. The van der Waals surface area contributed by atoms with Gasteiger partial charge in [0.1, 0.15) is 6.29 Å². The van der Waals surface area contributed by atoms with E-state index in [0.29, 0.717) is 23.7 Å². The average molecular weight is 316 g/mol. The first kappa shape index (κ1) is 16.4. The predicted molar refractivity (Wildman–Crippen MR) is 91.1 cm³/mol. The fraction of sp³-hybridized carbons (Fsp3) is 0.278. The molecule has 2 rings (SSSR count). The third kappa shape index (κ3) is 5.11. The van der Waals surface area contributed by atoms with Crippen LogP contribution in [-0.2, 0) is 5.75 Å². The van der Waals surface area contributed by atoms with Crippen molar-refractivity contribution in [2.45, 2.75) is 12.2 Å². The fourth-order valence-corrected chi connectivity index (χ4v) is 2.88. The van der Waals surface area contributed by atoms with Crippen molar-refractivity contribution in [2.24, 2.45) is 0 Å². The Morgan fingerprint density at radius 3 is 2.64 bits per heavy atom. The highest BCUT2D eigenvalue weighted by atomic mass is 32.2. The van der Waals surface area contributed by atoms with E-state index in [4.69, 9.17) is 9.47 Å². The van der Waals surface area contributed by atoms with E-state index < -0.39 is 0 Å². The number of carbonyl (C=O) groups excluding carboxylic acids is 1. The number of aldehydes is 1. The van der Waals surface area contributed by atoms with Gasteiger partial charge in [0.2, 0.25) is 0 Å². The molecule has 0 saturated heterocycles. The number of carbonyl (C=O) groups is 1. The maximum absolute atomic E-state index is 10.7. The van der Waals surface area contributed by atoms with Gasteiger partial charge in [-0.2, -0.15) is 11.8 Å². The van der Waals surface area contributed by atoms with Crippen LogP contribution in [0.25, 0.3) is 0 Å². The summed E-state index contributed by atoms with van der Waals surface area (Å²) in [6, 6.07) is 15.6. The van der Waals surface area contributed by atoms with Gasteiger partial charge in [0.25, 0.3) is 0 Å². The largest absolute Gasteiger partial charge is 0.493 e. The molecule has 2 aromatic rings. The highest BCUT2D eigenvalue weighted by Gasteiger charge is 2.05. The lowest BCUT2D eigenvalue weighted by molar-refractivity contribution is 0.112. The van der Waals surface area contributed by atoms with E-state index in [-0.39, 0.29) is 0 Å². The number of methoxy groups -OCH3 is 1. The van der Waals surface area contributed by atoms with Crippen LogP contribution in [0.4, 0.5) is 0 Å². The Bertz CT molecular complexity index is 584. The van der Waals surface area contributed by atoms with Crippen molar-refractivity contribution < 1.29 is 14.3 Å². The van der Waals surface area contributed by atoms with Crippen LogP contribution in [0.15, 0.2) is 48.5 Å². The van der Waals surface area contributed by atoms with Crippen LogP contribution in [-0.4, -0.2) is 25.8 Å². The van der Waals surface area contributed by atoms with Crippen LogP contribution >= 0.6 is 11.8 Å². The van der Waals surface area contributed by atoms with Gasteiger partial charge in [-0.05, 0) is 35.9 Å². The van der Waals surface area contributed by atoms with Gasteiger partial charge in [-0.3, -0.25) is 4.79 Å². The lowest BCUT2D eigenvalue weighted by Gasteiger charge is -2.11. The lowest BCUT2D eigenvalue weighted by Crippen LogP contribution is -2.01. The van der Waals surface area contributed by atoms with Crippen LogP contribution in [0.3, 0.4) is 0 Å². The Morgan fingerprint density at radius 1 is 1.09 bits per heavy atom. The van der Waals surface area contributed by atoms with Crippen LogP contribution in [0, 0.1) is 0 Å². The summed E-state index contributed by atoms with van der Waals surface area (Å²) in [5, 5.41) is 0. The number of hydrogen-bond acceptors (Lipinski definition) is 4. The summed E-state index contributed by atoms with van der Waals surface area (Å²) in [7, 11) is 1.58. The van der Waals surface area contributed by atoms with E-state index in [1.807, 2.05) is 17.8 Å². The molecule has 0 bridgehead atoms. The maximum atomic E-state index is 10.7. The molecule has 0 spiro atoms. The topological polar surface area (TPSA) is 35.5 Å². The second kappa shape index (κ2) is 9.15. The summed E-state index contributed by atoms with van der Waals surface area (Å²) >= 11 is 1.90. The van der Waals surface area contributed by atoms with Crippen LogP contribution in [0.2, 0.25) is 0 Å². The molecule has 4 heteroatoms. The van der Waals surface area contributed by atoms with Crippen molar-refractivity contribution in [1.82, 2.24) is 0 Å². The van der Waals surface area contributed by atoms with Crippen molar-refractivity contribution in [1.29, 1.82) is 0 Å². The zero-order valence-electron chi connectivity index (χ0n) is 12.7. The molecule has 0 unspecified atom stereocenters. The van der Waals surface area contributed by atoms with Crippen molar-refractivity contribution in [3.63, 3.8) is 0 Å². The Morgan fingerprint density at radius 2 is 1.91 bits per heavy atom. The smallest absolute Gasteiger partial charge is 0.161 e. The standard InChI is InChI=1S/C18H20O3S/c1-20-18-12-16(13-19)8-9-17(18)21-10-5-11-22-14-15-6-3-2-4-7-15/h2-4,6-9,12-13H,5,10-11,14H2,1H3. The molecule has 2 aromatic carbocycles. The SMILES string of the molecule is COc1cc(C=O)ccc1OCCCSCc1ccccc1. The first-order valence-corrected chi connectivity index (χ1v) is 8.36. The lowest BCUT2D eigenvalue weighted by atomic mass is 10.2. The Labute approximate surface area is 135 Å². The molecule has 22 heavy (non-hydrogen) atoms. The molecule has 0 heterocycles. The second-order valence-electron chi connectivity index (χ2n) is 4.77. The van der Waals surface area contributed by atoms with E-state index in [1.165, 1.54) is 5.56 Å². The number of ether oxygens (including phenoxy) is 2. The summed E-state index contributed by atoms with van der Waals surface area (Å²) in [5.41, 5.74) is 1.93. The molecule has 3 nitrogen and oxygen atoms in total. The zero-order chi connectivity index (χ0) is 15.6. The molecule has 0 N–H and O–H groups in total. The first-order chi connectivity index (χ1) is 10.8. The van der Waals surface area contributed by atoms with Crippen molar-refractivity contribution in [3.05, 3.63) is 59.7 Å². The molecular weight excluding hydrogens is 296 g/mol. The van der Waals surface area contributed by atoms with Gasteiger partial charge in [-0.25, -0.2) is 0 Å². The minimum Gasteiger partial charge on any atom is -0.493 e. The van der Waals surface area contributed by atoms with Gasteiger partial charge in [0.05, 0.1) is 13.7 Å². The minimum absolute atomic E-state index is 0.586. The monoisotopic (exact) mass is 316 g/mol. The van der Waals surface area contributed by atoms with Crippen LogP contribution < -0.4 is 9.47 Å². The predicted octanol–water partition coefficient (Wildman–Crippen LogP) is 4.21. The zero-order valence-corrected chi connectivity index (χ0v) is 13.5. The molecule has 0 fully saturated rings. The molecule has 0 amide bonds. The van der Waals surface area contributed by atoms with Crippen molar-refractivity contribution in [2.75, 3.05) is 19.5 Å². The average Bonchev–Trinajstić information content (AvgIpc) is 2.59. The Balaban J connectivity index is 1.69. The third-order valence-corrected chi connectivity index (χ3v) is 4.24. The van der Waals surface area contributed by atoms with Gasteiger partial charge in [0.15, 0.2) is 11.5 Å². The van der Waals surface area contributed by atoms with E-state index in [1.54, 1.807) is 25.3 Å². The van der Waals surface area contributed by atoms with E-state index >= 15 is 0 Å². The molecule has 0 radical (unpaired) electrons. The highest BCUT2D eigenvalue weighted by Crippen LogP contribution is 2.27. The minimum atomic E-state index is 0.586. The molecule has 0 aliphatic carbocycles. The van der Waals surface area contributed by atoms with Gasteiger partial charge in [-0.15, -0.1) is 0 Å². The molecule has 0 aliphatic heterocycles. The maximum Gasteiger partial charge on any atom is 0.161 e. The molecule has 0 saturated carbocycles. The van der Waals surface area contributed by atoms with Gasteiger partial charge in [-0.1, -0.05) is 30.3 Å². The quantitative estimate of drug-likeness (QED) is 0.513. The molecule has 0 aromatic heterocycles. The number of hydrogen-bond donors (Lipinski definition) is 0. The highest BCUT2D eigenvalue weighted by molar-refractivity contribution is 7.98. The van der Waals surface area contributed by atoms with Gasteiger partial charge in [0, 0.05) is 11.3 Å². The molecule has 0 atom stereocenters. The van der Waals surface area contributed by atoms with E-state index in [0.717, 1.165) is 24.2 Å². The van der Waals surface area contributed by atoms with Gasteiger partial charge >= 0.3 is 0 Å². The molecule has 0 aliphatic rings. The first-order valence-electron chi connectivity index (χ1n) is 7.21. The Kier molecular flexibility index (Phi) is 6.84. The van der Waals surface area contributed by atoms with Crippen LogP contribution in [0.1, 0.15) is 22.3 Å². The normalized spacial score (nSPS) is 10.2. The number of rotatable bonds is 9. The number of thioether (sulfide) groups is 1. The summed E-state index contributed by atoms with van der Waals surface area (Å²) in [6.07, 6.45) is 1.77.